The quantitative estimate of drug-likeness (QED) is 0.235. The van der Waals surface area contributed by atoms with E-state index in [2.05, 4.69) is 11.9 Å². The Labute approximate surface area is 224 Å². The van der Waals surface area contributed by atoms with Crippen molar-refractivity contribution in [1.29, 1.82) is 0 Å². The second-order valence-corrected chi connectivity index (χ2v) is 12.0. The Balaban J connectivity index is 1.43. The lowest BCUT2D eigenvalue weighted by molar-refractivity contribution is -0.137. The van der Waals surface area contributed by atoms with Crippen LogP contribution in [-0.2, 0) is 35.5 Å². The van der Waals surface area contributed by atoms with E-state index < -0.39 is 27.4 Å². The molecule has 1 aliphatic rings. The van der Waals surface area contributed by atoms with E-state index in [0.717, 1.165) is 30.2 Å². The first-order valence-corrected chi connectivity index (χ1v) is 14.2. The van der Waals surface area contributed by atoms with Gasteiger partial charge in [-0.25, -0.2) is 17.8 Å². The first-order chi connectivity index (χ1) is 18.4. The molecule has 0 bridgehead atoms. The van der Waals surface area contributed by atoms with Crippen LogP contribution < -0.4 is 4.74 Å². The Morgan fingerprint density at radius 2 is 1.49 bits per heavy atom. The minimum Gasteiger partial charge on any atom is -0.473 e. The summed E-state index contributed by atoms with van der Waals surface area (Å²) in [4.78, 5) is 4.44. The van der Waals surface area contributed by atoms with Crippen molar-refractivity contribution in [2.75, 3.05) is 6.26 Å². The van der Waals surface area contributed by atoms with Gasteiger partial charge < -0.3 is 4.74 Å². The number of nitrogens with zero attached hydrogens (tertiary/aromatic N) is 1. The van der Waals surface area contributed by atoms with Crippen molar-refractivity contribution >= 4 is 9.84 Å². The molecular weight excluding hydrogens is 530 g/mol. The minimum absolute atomic E-state index is 0.0193. The highest BCUT2D eigenvalue weighted by molar-refractivity contribution is 7.90. The summed E-state index contributed by atoms with van der Waals surface area (Å²) in [6.07, 6.45) is -0.0955. The molecule has 39 heavy (non-hydrogen) atoms. The van der Waals surface area contributed by atoms with Gasteiger partial charge in [0.2, 0.25) is 5.88 Å². The van der Waals surface area contributed by atoms with Crippen LogP contribution in [0.3, 0.4) is 0 Å². The molecule has 1 aliphatic carbocycles. The normalized spacial score (nSPS) is 15.3. The second-order valence-electron chi connectivity index (χ2n) is 9.95. The van der Waals surface area contributed by atoms with Gasteiger partial charge in [0, 0.05) is 24.1 Å². The van der Waals surface area contributed by atoms with Crippen molar-refractivity contribution in [3.05, 3.63) is 101 Å². The van der Waals surface area contributed by atoms with Gasteiger partial charge in [-0.05, 0) is 76.4 Å². The molecule has 0 saturated heterocycles. The molecule has 0 radical (unpaired) electrons. The fourth-order valence-electron chi connectivity index (χ4n) is 4.87. The molecule has 9 heteroatoms. The molecule has 202 valence electrons. The number of ether oxygens (including phenoxy) is 1. The van der Waals surface area contributed by atoms with Crippen LogP contribution >= 0.6 is 0 Å². The largest absolute Gasteiger partial charge is 0.473 e. The molecule has 4 nitrogen and oxygen atoms in total. The summed E-state index contributed by atoms with van der Waals surface area (Å²) in [5, 5.41) is 0. The van der Waals surface area contributed by atoms with Crippen LogP contribution in [0.1, 0.15) is 29.2 Å². The Hall–Kier alpha value is -3.72. The smallest absolute Gasteiger partial charge is 0.417 e. The Morgan fingerprint density at radius 3 is 2.10 bits per heavy atom. The zero-order valence-electron chi connectivity index (χ0n) is 21.2. The lowest BCUT2D eigenvalue weighted by Crippen LogP contribution is -2.10. The topological polar surface area (TPSA) is 56.3 Å². The number of sulfone groups is 1. The Bertz CT molecular complexity index is 1630. The summed E-state index contributed by atoms with van der Waals surface area (Å²) < 4.78 is 85.5. The van der Waals surface area contributed by atoms with E-state index in [4.69, 9.17) is 4.74 Å². The fourth-order valence-corrected chi connectivity index (χ4v) is 5.50. The number of pyridine rings is 1. The van der Waals surface area contributed by atoms with Crippen LogP contribution in [0.2, 0.25) is 0 Å². The molecule has 1 unspecified atom stereocenters. The maximum atomic E-state index is 14.8. The average molecular weight is 556 g/mol. The number of rotatable bonds is 6. The van der Waals surface area contributed by atoms with E-state index in [9.17, 15) is 26.0 Å². The predicted octanol–water partition coefficient (Wildman–Crippen LogP) is 7.29. The van der Waals surface area contributed by atoms with Crippen LogP contribution in [-0.4, -0.2) is 19.7 Å². The molecule has 0 amide bonds. The van der Waals surface area contributed by atoms with E-state index in [1.165, 1.54) is 30.3 Å². The van der Waals surface area contributed by atoms with Crippen LogP contribution in [0.4, 0.5) is 17.6 Å². The SMILES string of the molecule is CC1Cc2cnc(OCc3cc(-c4ccc(-c5ccc(S(C)(=O)=O)cc5)cc4)c(C(F)(F)F)cc3F)cc2C1. The molecule has 5 rings (SSSR count). The summed E-state index contributed by atoms with van der Waals surface area (Å²) in [5.74, 6) is -0.205. The number of hydrogen-bond donors (Lipinski definition) is 0. The first kappa shape index (κ1) is 26.9. The van der Waals surface area contributed by atoms with E-state index in [1.54, 1.807) is 30.5 Å². The Morgan fingerprint density at radius 1 is 0.897 bits per heavy atom. The summed E-state index contributed by atoms with van der Waals surface area (Å²) in [6.45, 7) is 1.86. The van der Waals surface area contributed by atoms with Gasteiger partial charge in [-0.1, -0.05) is 43.3 Å². The molecule has 0 fully saturated rings. The van der Waals surface area contributed by atoms with Crippen molar-refractivity contribution in [3.63, 3.8) is 0 Å². The van der Waals surface area contributed by atoms with Gasteiger partial charge in [0.1, 0.15) is 12.4 Å². The van der Waals surface area contributed by atoms with Crippen molar-refractivity contribution in [2.24, 2.45) is 5.92 Å². The fraction of sp³-hybridized carbons (Fsp3) is 0.233. The number of aromatic nitrogens is 1. The van der Waals surface area contributed by atoms with Gasteiger partial charge in [-0.3, -0.25) is 0 Å². The van der Waals surface area contributed by atoms with E-state index >= 15 is 0 Å². The van der Waals surface area contributed by atoms with Crippen molar-refractivity contribution in [2.45, 2.75) is 37.4 Å². The molecule has 1 heterocycles. The van der Waals surface area contributed by atoms with Gasteiger partial charge in [0.25, 0.3) is 0 Å². The molecule has 0 saturated carbocycles. The lowest BCUT2D eigenvalue weighted by atomic mass is 9.94. The molecule has 1 aromatic heterocycles. The third kappa shape index (κ3) is 5.83. The van der Waals surface area contributed by atoms with E-state index in [-0.39, 0.29) is 28.2 Å². The molecule has 0 spiro atoms. The first-order valence-electron chi connectivity index (χ1n) is 12.3. The summed E-state index contributed by atoms with van der Waals surface area (Å²) >= 11 is 0. The average Bonchev–Trinajstić information content (AvgIpc) is 3.26. The van der Waals surface area contributed by atoms with Crippen molar-refractivity contribution in [1.82, 2.24) is 4.98 Å². The Kier molecular flexibility index (Phi) is 6.97. The number of hydrogen-bond acceptors (Lipinski definition) is 4. The lowest BCUT2D eigenvalue weighted by Gasteiger charge is -2.16. The van der Waals surface area contributed by atoms with Crippen molar-refractivity contribution < 1.29 is 30.7 Å². The highest BCUT2D eigenvalue weighted by atomic mass is 32.2. The minimum atomic E-state index is -4.77. The van der Waals surface area contributed by atoms with Gasteiger partial charge in [0.15, 0.2) is 9.84 Å². The number of benzene rings is 3. The molecule has 1 atom stereocenters. The third-order valence-electron chi connectivity index (χ3n) is 6.87. The number of halogens is 4. The second kappa shape index (κ2) is 10.1. The summed E-state index contributed by atoms with van der Waals surface area (Å²) in [5.41, 5.74) is 2.64. The standard InChI is InChI=1S/C30H25F4NO3S/c1-18-11-22-14-29(35-16-23(22)12-18)38-17-24-13-26(27(15-28(24)31)30(32,33)34)21-5-3-19(4-6-21)20-7-9-25(10-8-20)39(2,36)37/h3-10,13-16,18H,11-12,17H2,1-2H3. The van der Waals surface area contributed by atoms with Crippen LogP contribution in [0, 0.1) is 11.7 Å². The highest BCUT2D eigenvalue weighted by Gasteiger charge is 2.35. The summed E-state index contributed by atoms with van der Waals surface area (Å²) in [6, 6.07) is 16.0. The van der Waals surface area contributed by atoms with E-state index in [1.807, 2.05) is 6.07 Å². The third-order valence-corrected chi connectivity index (χ3v) is 8.00. The van der Waals surface area contributed by atoms with Gasteiger partial charge in [0.05, 0.1) is 10.5 Å². The monoisotopic (exact) mass is 555 g/mol. The zero-order valence-corrected chi connectivity index (χ0v) is 22.0. The van der Waals surface area contributed by atoms with Gasteiger partial charge in [-0.15, -0.1) is 0 Å². The summed E-state index contributed by atoms with van der Waals surface area (Å²) in [7, 11) is -3.35. The molecule has 3 aromatic carbocycles. The van der Waals surface area contributed by atoms with Gasteiger partial charge in [-0.2, -0.15) is 13.2 Å². The molecule has 0 N–H and O–H groups in total. The van der Waals surface area contributed by atoms with Crippen molar-refractivity contribution in [3.8, 4) is 28.1 Å². The van der Waals surface area contributed by atoms with Gasteiger partial charge >= 0.3 is 6.18 Å². The zero-order chi connectivity index (χ0) is 27.9. The molecular formula is C30H25F4NO3S. The highest BCUT2D eigenvalue weighted by Crippen LogP contribution is 2.39. The molecule has 4 aromatic rings. The maximum Gasteiger partial charge on any atom is 0.417 e. The molecule has 0 aliphatic heterocycles. The number of fused-ring (bicyclic) bond motifs is 1. The predicted molar refractivity (Wildman–Crippen MR) is 141 cm³/mol. The van der Waals surface area contributed by atoms with E-state index in [0.29, 0.717) is 29.0 Å². The van der Waals surface area contributed by atoms with Crippen LogP contribution in [0.25, 0.3) is 22.3 Å². The number of alkyl halides is 3. The van der Waals surface area contributed by atoms with Crippen LogP contribution in [0.15, 0.2) is 77.8 Å². The van der Waals surface area contributed by atoms with Crippen LogP contribution in [0.5, 0.6) is 5.88 Å². The maximum absolute atomic E-state index is 14.8.